The summed E-state index contributed by atoms with van der Waals surface area (Å²) >= 11 is 1.33. The van der Waals surface area contributed by atoms with Gasteiger partial charge in [0.25, 0.3) is 0 Å². The molecule has 0 saturated heterocycles. The summed E-state index contributed by atoms with van der Waals surface area (Å²) in [7, 11) is 1.60. The van der Waals surface area contributed by atoms with Gasteiger partial charge in [0.15, 0.2) is 0 Å². The van der Waals surface area contributed by atoms with Gasteiger partial charge in [-0.25, -0.2) is 0 Å². The molecule has 1 atom stereocenters. The minimum absolute atomic E-state index is 0.00542. The van der Waals surface area contributed by atoms with Gasteiger partial charge in [-0.1, -0.05) is 24.3 Å². The van der Waals surface area contributed by atoms with Gasteiger partial charge >= 0.3 is 11.9 Å². The molecule has 0 aliphatic rings. The summed E-state index contributed by atoms with van der Waals surface area (Å²) in [6.45, 7) is 1.62. The Morgan fingerprint density at radius 2 is 1.68 bits per heavy atom. The summed E-state index contributed by atoms with van der Waals surface area (Å²) in [6, 6.07) is 18.5. The number of anilines is 2. The number of nitrogens with one attached hydrogen (secondary N) is 1. The average molecular weight is 441 g/mol. The van der Waals surface area contributed by atoms with E-state index >= 15 is 0 Å². The zero-order valence-corrected chi connectivity index (χ0v) is 18.1. The molecule has 3 rings (SSSR count). The van der Waals surface area contributed by atoms with Crippen LogP contribution in [0.15, 0.2) is 65.6 Å². The van der Waals surface area contributed by atoms with E-state index in [2.05, 4.69) is 5.32 Å². The number of aliphatic carboxylic acids is 2. The van der Waals surface area contributed by atoms with E-state index in [0.29, 0.717) is 0 Å². The minimum Gasteiger partial charge on any atom is -0.497 e. The molecule has 0 heterocycles. The number of rotatable bonds is 10. The zero-order valence-electron chi connectivity index (χ0n) is 17.2. The molecule has 0 spiro atoms. The predicted octanol–water partition coefficient (Wildman–Crippen LogP) is 4.72. The molecule has 7 nitrogen and oxygen atoms in total. The van der Waals surface area contributed by atoms with Crippen molar-refractivity contribution in [3.8, 4) is 5.75 Å². The highest BCUT2D eigenvalue weighted by molar-refractivity contribution is 8.00. The number of carboxylic acids is 2. The van der Waals surface area contributed by atoms with Gasteiger partial charge in [-0.15, -0.1) is 0 Å². The van der Waals surface area contributed by atoms with Crippen molar-refractivity contribution in [2.45, 2.75) is 24.3 Å². The van der Waals surface area contributed by atoms with E-state index < -0.39 is 11.9 Å². The Kier molecular flexibility index (Phi) is 7.25. The molecule has 8 heteroatoms. The molecule has 0 aliphatic carbocycles. The van der Waals surface area contributed by atoms with Crippen LogP contribution in [0, 0.1) is 0 Å². The molecule has 0 aromatic heterocycles. The van der Waals surface area contributed by atoms with Crippen LogP contribution in [-0.4, -0.2) is 41.8 Å². The second-order valence-corrected chi connectivity index (χ2v) is 8.11. The summed E-state index contributed by atoms with van der Waals surface area (Å²) in [6.07, 6.45) is -0.00542. The van der Waals surface area contributed by atoms with E-state index in [1.807, 2.05) is 67.6 Å². The lowest BCUT2D eigenvalue weighted by molar-refractivity contribution is -0.137. The van der Waals surface area contributed by atoms with E-state index in [9.17, 15) is 14.7 Å². The third-order valence-electron chi connectivity index (χ3n) is 4.61. The maximum absolute atomic E-state index is 11.6. The molecule has 3 aromatic carbocycles. The fraction of sp³-hybridized carbons (Fsp3) is 0.217. The van der Waals surface area contributed by atoms with Crippen LogP contribution in [0.1, 0.15) is 13.3 Å². The molecule has 0 radical (unpaired) electrons. The molecule has 0 fully saturated rings. The molecular weight excluding hydrogens is 416 g/mol. The molecule has 0 saturated carbocycles. The van der Waals surface area contributed by atoms with Gasteiger partial charge in [0.2, 0.25) is 0 Å². The lowest BCUT2D eigenvalue weighted by atomic mass is 10.1. The Hall–Kier alpha value is -3.39. The highest BCUT2D eigenvalue weighted by Gasteiger charge is 2.18. The van der Waals surface area contributed by atoms with Crippen molar-refractivity contribution < 1.29 is 24.5 Å². The summed E-state index contributed by atoms with van der Waals surface area (Å²) < 4.78 is 6.92. The molecule has 0 unspecified atom stereocenters. The van der Waals surface area contributed by atoms with Crippen molar-refractivity contribution in [2.24, 2.45) is 0 Å². The Morgan fingerprint density at radius 1 is 1.00 bits per heavy atom. The highest BCUT2D eigenvalue weighted by atomic mass is 32.2. The Labute approximate surface area is 184 Å². The van der Waals surface area contributed by atoms with E-state index in [1.54, 1.807) is 11.4 Å². The lowest BCUT2D eigenvalue weighted by Crippen LogP contribution is -2.23. The maximum Gasteiger partial charge on any atom is 0.324 e. The summed E-state index contributed by atoms with van der Waals surface area (Å²) in [4.78, 5) is 23.5. The monoisotopic (exact) mass is 440 g/mol. The molecule has 0 bridgehead atoms. The first kappa shape index (κ1) is 22.3. The van der Waals surface area contributed by atoms with E-state index in [4.69, 9.17) is 9.84 Å². The van der Waals surface area contributed by atoms with Gasteiger partial charge in [-0.05, 0) is 55.3 Å². The number of ether oxygens (including phenoxy) is 1. The van der Waals surface area contributed by atoms with Crippen molar-refractivity contribution in [2.75, 3.05) is 23.3 Å². The van der Waals surface area contributed by atoms with Gasteiger partial charge in [0, 0.05) is 27.4 Å². The first-order valence-corrected chi connectivity index (χ1v) is 10.5. The van der Waals surface area contributed by atoms with Crippen molar-refractivity contribution in [3.05, 3.63) is 60.7 Å². The summed E-state index contributed by atoms with van der Waals surface area (Å²) in [5, 5.41) is 23.5. The van der Waals surface area contributed by atoms with E-state index in [-0.39, 0.29) is 19.0 Å². The first-order valence-electron chi connectivity index (χ1n) is 9.69. The average Bonchev–Trinajstić information content (AvgIpc) is 2.73. The fourth-order valence-electron chi connectivity index (χ4n) is 3.26. The van der Waals surface area contributed by atoms with Crippen LogP contribution in [0.5, 0.6) is 5.75 Å². The quantitative estimate of drug-likeness (QED) is 0.390. The van der Waals surface area contributed by atoms with Crippen LogP contribution >= 0.6 is 11.9 Å². The Balaban J connectivity index is 1.97. The number of benzene rings is 3. The third kappa shape index (κ3) is 5.82. The molecule has 0 amide bonds. The predicted molar refractivity (Wildman–Crippen MR) is 123 cm³/mol. The van der Waals surface area contributed by atoms with E-state index in [0.717, 1.165) is 32.8 Å². The van der Waals surface area contributed by atoms with Crippen molar-refractivity contribution in [3.63, 3.8) is 0 Å². The van der Waals surface area contributed by atoms with Crippen LogP contribution in [0.4, 0.5) is 11.4 Å². The first-order chi connectivity index (χ1) is 14.9. The number of hydrogen-bond donors (Lipinski definition) is 3. The second-order valence-electron chi connectivity index (χ2n) is 7.02. The van der Waals surface area contributed by atoms with Crippen LogP contribution in [0.2, 0.25) is 0 Å². The third-order valence-corrected chi connectivity index (χ3v) is 5.64. The van der Waals surface area contributed by atoms with E-state index in [1.165, 1.54) is 11.9 Å². The van der Waals surface area contributed by atoms with Crippen molar-refractivity contribution in [1.29, 1.82) is 0 Å². The van der Waals surface area contributed by atoms with Crippen molar-refractivity contribution >= 4 is 46.0 Å². The molecular formula is C23H24N2O5S. The standard InChI is InChI=1S/C23H24N2O5S/c1-15(13-22(26)27)24-20-11-12-21(19-6-4-3-5-18(19)20)25(14-23(28)29)31-17-9-7-16(30-2)8-10-17/h3-12,15,24H,13-14H2,1-2H3,(H,26,27)(H,28,29)/t15-/m0/s1. The molecule has 3 aromatic rings. The number of fused-ring (bicyclic) bond motifs is 1. The lowest BCUT2D eigenvalue weighted by Gasteiger charge is -2.25. The van der Waals surface area contributed by atoms with Crippen molar-refractivity contribution in [1.82, 2.24) is 0 Å². The second kappa shape index (κ2) is 10.1. The number of nitrogens with zero attached hydrogens (tertiary/aromatic N) is 1. The van der Waals surface area contributed by atoms with Crippen LogP contribution < -0.4 is 14.4 Å². The van der Waals surface area contributed by atoms with Gasteiger partial charge in [-0.3, -0.25) is 9.59 Å². The van der Waals surface area contributed by atoms with Crippen LogP contribution in [-0.2, 0) is 9.59 Å². The van der Waals surface area contributed by atoms with Crippen LogP contribution in [0.3, 0.4) is 0 Å². The summed E-state index contributed by atoms with van der Waals surface area (Å²) in [5.41, 5.74) is 1.56. The minimum atomic E-state index is -0.942. The molecule has 3 N–H and O–H groups in total. The fourth-order valence-corrected chi connectivity index (χ4v) is 4.20. The molecule has 0 aliphatic heterocycles. The number of carboxylic acid groups (broad SMARTS) is 2. The Bertz CT molecular complexity index is 1070. The van der Waals surface area contributed by atoms with Gasteiger partial charge in [0.05, 0.1) is 19.2 Å². The normalized spacial score (nSPS) is 11.7. The topological polar surface area (TPSA) is 99.1 Å². The number of hydrogen-bond acceptors (Lipinski definition) is 6. The Morgan fingerprint density at radius 3 is 2.29 bits per heavy atom. The van der Waals surface area contributed by atoms with Gasteiger partial charge in [-0.2, -0.15) is 0 Å². The van der Waals surface area contributed by atoms with Crippen LogP contribution in [0.25, 0.3) is 10.8 Å². The van der Waals surface area contributed by atoms with Gasteiger partial charge < -0.3 is 24.6 Å². The smallest absolute Gasteiger partial charge is 0.324 e. The zero-order chi connectivity index (χ0) is 22.4. The van der Waals surface area contributed by atoms with Gasteiger partial charge in [0.1, 0.15) is 12.3 Å². The molecule has 162 valence electrons. The maximum atomic E-state index is 11.6. The largest absolute Gasteiger partial charge is 0.497 e. The number of methoxy groups -OCH3 is 1. The summed E-state index contributed by atoms with van der Waals surface area (Å²) in [5.74, 6) is -1.09. The number of carbonyl (C=O) groups is 2. The molecule has 31 heavy (non-hydrogen) atoms. The highest BCUT2D eigenvalue weighted by Crippen LogP contribution is 2.37. The SMILES string of the molecule is COc1ccc(SN(CC(=O)O)c2ccc(N[C@@H](C)CC(=O)O)c3ccccc23)cc1.